The molecule has 0 heterocycles. The molecule has 2 aromatic carbocycles. The lowest BCUT2D eigenvalue weighted by atomic mass is 10.1. The van der Waals surface area contributed by atoms with Gasteiger partial charge in [-0.2, -0.15) is 0 Å². The Morgan fingerprint density at radius 1 is 1.00 bits per heavy atom. The van der Waals surface area contributed by atoms with Crippen molar-refractivity contribution < 1.29 is 18.0 Å². The molecule has 0 aliphatic heterocycles. The van der Waals surface area contributed by atoms with E-state index in [2.05, 4.69) is 5.32 Å². The van der Waals surface area contributed by atoms with E-state index < -0.39 is 28.5 Å². The zero-order valence-corrected chi connectivity index (χ0v) is 23.5. The van der Waals surface area contributed by atoms with Crippen molar-refractivity contribution in [3.63, 3.8) is 0 Å². The van der Waals surface area contributed by atoms with Crippen LogP contribution in [0.15, 0.2) is 36.4 Å². The first-order valence-corrected chi connectivity index (χ1v) is 14.1. The number of benzene rings is 2. The predicted octanol–water partition coefficient (Wildman–Crippen LogP) is 5.40. The minimum absolute atomic E-state index is 0.0565. The van der Waals surface area contributed by atoms with Gasteiger partial charge in [-0.3, -0.25) is 13.9 Å². The van der Waals surface area contributed by atoms with E-state index in [9.17, 15) is 18.0 Å². The number of hydrogen-bond donors (Lipinski definition) is 1. The number of sulfonamides is 1. The average Bonchev–Trinajstić information content (AvgIpc) is 2.73. The summed E-state index contributed by atoms with van der Waals surface area (Å²) >= 11 is 24.9. The topological polar surface area (TPSA) is 86.8 Å². The van der Waals surface area contributed by atoms with E-state index in [1.807, 2.05) is 0 Å². The van der Waals surface area contributed by atoms with Crippen LogP contribution in [0.1, 0.15) is 32.8 Å². The molecular formula is C23H27Cl4N3O4S. The van der Waals surface area contributed by atoms with Gasteiger partial charge in [0, 0.05) is 33.2 Å². The van der Waals surface area contributed by atoms with Crippen LogP contribution in [0.25, 0.3) is 0 Å². The molecule has 7 nitrogen and oxygen atoms in total. The third-order valence-corrected chi connectivity index (χ3v) is 7.44. The van der Waals surface area contributed by atoms with Gasteiger partial charge >= 0.3 is 0 Å². The van der Waals surface area contributed by atoms with E-state index in [1.165, 1.54) is 23.1 Å². The maximum atomic E-state index is 13.7. The Balaban J connectivity index is 2.54. The van der Waals surface area contributed by atoms with E-state index in [4.69, 9.17) is 46.4 Å². The Labute approximate surface area is 226 Å². The van der Waals surface area contributed by atoms with Crippen LogP contribution in [0.3, 0.4) is 0 Å². The maximum absolute atomic E-state index is 13.7. The number of amides is 2. The molecule has 2 rings (SSSR count). The fourth-order valence-corrected chi connectivity index (χ4v) is 5.37. The van der Waals surface area contributed by atoms with Gasteiger partial charge in [-0.15, -0.1) is 0 Å². The number of carbonyl (C=O) groups is 2. The normalized spacial score (nSPS) is 12.4. The molecule has 0 spiro atoms. The van der Waals surface area contributed by atoms with E-state index in [0.29, 0.717) is 20.6 Å². The molecule has 0 radical (unpaired) electrons. The quantitative estimate of drug-likeness (QED) is 0.406. The molecule has 0 saturated heterocycles. The zero-order chi connectivity index (χ0) is 26.5. The van der Waals surface area contributed by atoms with Crippen LogP contribution in [0.5, 0.6) is 0 Å². The van der Waals surface area contributed by atoms with Crippen LogP contribution >= 0.6 is 46.4 Å². The van der Waals surface area contributed by atoms with Crippen LogP contribution in [-0.2, 0) is 26.2 Å². The lowest BCUT2D eigenvalue weighted by molar-refractivity contribution is -0.140. The van der Waals surface area contributed by atoms with Crippen LogP contribution in [0.4, 0.5) is 5.69 Å². The molecule has 2 amide bonds. The third kappa shape index (κ3) is 7.89. The number of halogens is 4. The Morgan fingerprint density at radius 2 is 1.60 bits per heavy atom. The van der Waals surface area contributed by atoms with Gasteiger partial charge in [0.25, 0.3) is 0 Å². The minimum Gasteiger partial charge on any atom is -0.352 e. The number of nitrogens with one attached hydrogen (secondary N) is 1. The molecule has 0 aromatic heterocycles. The second-order valence-corrected chi connectivity index (χ2v) is 11.7. The molecule has 12 heteroatoms. The van der Waals surface area contributed by atoms with Crippen molar-refractivity contribution in [3.05, 3.63) is 62.1 Å². The molecule has 192 valence electrons. The monoisotopic (exact) mass is 581 g/mol. The first kappa shape index (κ1) is 29.5. The predicted molar refractivity (Wildman–Crippen MR) is 143 cm³/mol. The standard InChI is InChI=1S/C23H27Cl4N3O4S/c1-5-20(23(32)28-14(2)3)29(12-16-17(25)7-6-8-18(16)26)22(31)13-30(35(4,33)34)21-10-9-15(24)11-19(21)27/h6-11,14,20H,5,12-13H2,1-4H3,(H,28,32)/t20-/m0/s1. The minimum atomic E-state index is -3.94. The van der Waals surface area contributed by atoms with Crippen molar-refractivity contribution in [2.75, 3.05) is 17.1 Å². The molecule has 0 bridgehead atoms. The summed E-state index contributed by atoms with van der Waals surface area (Å²) in [6.45, 7) is 4.65. The Kier molecular flexibility index (Phi) is 10.5. The van der Waals surface area contributed by atoms with Crippen molar-refractivity contribution in [2.45, 2.75) is 45.8 Å². The molecule has 0 aliphatic carbocycles. The molecular weight excluding hydrogens is 556 g/mol. The molecule has 0 fully saturated rings. The van der Waals surface area contributed by atoms with Crippen molar-refractivity contribution in [3.8, 4) is 0 Å². The number of anilines is 1. The van der Waals surface area contributed by atoms with Gasteiger partial charge in [-0.05, 0) is 50.6 Å². The molecule has 0 unspecified atom stereocenters. The Hall–Kier alpha value is -1.71. The van der Waals surface area contributed by atoms with Gasteiger partial charge in [0.15, 0.2) is 0 Å². The third-order valence-electron chi connectivity index (χ3n) is 5.06. The first-order valence-electron chi connectivity index (χ1n) is 10.7. The van der Waals surface area contributed by atoms with Gasteiger partial charge in [0.1, 0.15) is 12.6 Å². The Morgan fingerprint density at radius 3 is 2.09 bits per heavy atom. The van der Waals surface area contributed by atoms with E-state index in [0.717, 1.165) is 10.6 Å². The summed E-state index contributed by atoms with van der Waals surface area (Å²) in [5.74, 6) is -1.02. The van der Waals surface area contributed by atoms with Crippen molar-refractivity contribution in [1.82, 2.24) is 10.2 Å². The smallest absolute Gasteiger partial charge is 0.244 e. The molecule has 0 saturated carbocycles. The highest BCUT2D eigenvalue weighted by Gasteiger charge is 2.33. The second kappa shape index (κ2) is 12.5. The lowest BCUT2D eigenvalue weighted by Crippen LogP contribution is -2.53. The van der Waals surface area contributed by atoms with Crippen LogP contribution < -0.4 is 9.62 Å². The summed E-state index contributed by atoms with van der Waals surface area (Å²) in [6.07, 6.45) is 1.23. The van der Waals surface area contributed by atoms with Crippen LogP contribution in [-0.4, -0.2) is 50.0 Å². The molecule has 2 aromatic rings. The molecule has 1 N–H and O–H groups in total. The highest BCUT2D eigenvalue weighted by Crippen LogP contribution is 2.31. The van der Waals surface area contributed by atoms with Gasteiger partial charge in [-0.25, -0.2) is 8.42 Å². The van der Waals surface area contributed by atoms with Crippen molar-refractivity contribution >= 4 is 73.9 Å². The van der Waals surface area contributed by atoms with E-state index in [1.54, 1.807) is 39.0 Å². The first-order chi connectivity index (χ1) is 16.3. The van der Waals surface area contributed by atoms with Crippen LogP contribution in [0.2, 0.25) is 20.1 Å². The van der Waals surface area contributed by atoms with Crippen molar-refractivity contribution in [1.29, 1.82) is 0 Å². The molecule has 35 heavy (non-hydrogen) atoms. The average molecular weight is 583 g/mol. The van der Waals surface area contributed by atoms with Gasteiger partial charge in [-0.1, -0.05) is 59.4 Å². The van der Waals surface area contributed by atoms with Gasteiger partial charge in [0.2, 0.25) is 21.8 Å². The number of carbonyl (C=O) groups excluding carboxylic acids is 2. The second-order valence-electron chi connectivity index (χ2n) is 8.17. The van der Waals surface area contributed by atoms with Crippen molar-refractivity contribution in [2.24, 2.45) is 0 Å². The number of nitrogens with zero attached hydrogens (tertiary/aromatic N) is 2. The SMILES string of the molecule is CC[C@@H](C(=O)NC(C)C)N(Cc1c(Cl)cccc1Cl)C(=O)CN(c1ccc(Cl)cc1Cl)S(C)(=O)=O. The number of rotatable bonds is 10. The summed E-state index contributed by atoms with van der Waals surface area (Å²) < 4.78 is 26.2. The van der Waals surface area contributed by atoms with Gasteiger partial charge < -0.3 is 10.2 Å². The highest BCUT2D eigenvalue weighted by molar-refractivity contribution is 7.92. The van der Waals surface area contributed by atoms with Crippen LogP contribution in [0, 0.1) is 0 Å². The van der Waals surface area contributed by atoms with Gasteiger partial charge in [0.05, 0.1) is 17.0 Å². The Bertz CT molecular complexity index is 1170. The zero-order valence-electron chi connectivity index (χ0n) is 19.7. The summed E-state index contributed by atoms with van der Waals surface area (Å²) in [5, 5.41) is 3.80. The number of hydrogen-bond acceptors (Lipinski definition) is 4. The van der Waals surface area contributed by atoms with E-state index in [-0.39, 0.29) is 35.6 Å². The summed E-state index contributed by atoms with van der Waals surface area (Å²) in [5.41, 5.74) is 0.526. The lowest BCUT2D eigenvalue weighted by Gasteiger charge is -2.33. The molecule has 1 atom stereocenters. The highest BCUT2D eigenvalue weighted by atomic mass is 35.5. The summed E-state index contributed by atoms with van der Waals surface area (Å²) in [7, 11) is -3.94. The van der Waals surface area contributed by atoms with E-state index >= 15 is 0 Å². The largest absolute Gasteiger partial charge is 0.352 e. The fourth-order valence-electron chi connectivity index (χ4n) is 3.43. The molecule has 0 aliphatic rings. The summed E-state index contributed by atoms with van der Waals surface area (Å²) in [6, 6.07) is 8.10. The fraction of sp³-hybridized carbons (Fsp3) is 0.391. The summed E-state index contributed by atoms with van der Waals surface area (Å²) in [4.78, 5) is 27.9. The maximum Gasteiger partial charge on any atom is 0.244 e.